The van der Waals surface area contributed by atoms with E-state index in [0.29, 0.717) is 0 Å². The molecule has 0 saturated carbocycles. The Labute approximate surface area is 66.0 Å². The quantitative estimate of drug-likeness (QED) is 0.647. The molecule has 1 aromatic heterocycles. The molecule has 0 bridgehead atoms. The molecule has 0 unspecified atom stereocenters. The maximum atomic E-state index is 4.93. The summed E-state index contributed by atoms with van der Waals surface area (Å²) < 4.78 is 5.92. The molecule has 0 aliphatic heterocycles. The predicted octanol–water partition coefficient (Wildman–Crippen LogP) is 2.39. The van der Waals surface area contributed by atoms with Gasteiger partial charge in [-0.25, -0.2) is 4.98 Å². The number of benzene rings is 1. The number of halogens is 1. The van der Waals surface area contributed by atoms with Crippen molar-refractivity contribution in [2.24, 2.45) is 0 Å². The van der Waals surface area contributed by atoms with Crippen LogP contribution < -0.4 is 0 Å². The summed E-state index contributed by atoms with van der Waals surface area (Å²) in [4.78, 5) is 3.85. The minimum atomic E-state index is 0.759. The highest BCUT2D eigenvalue weighted by Crippen LogP contribution is 2.17. The van der Waals surface area contributed by atoms with E-state index >= 15 is 0 Å². The standard InChI is InChI=1S/C7H3BrNO/c8-5-1-2-6-7(3-5)10-4-9-6/h1-3H. The number of hydrogen-bond donors (Lipinski definition) is 0. The van der Waals surface area contributed by atoms with Crippen molar-refractivity contribution in [3.05, 3.63) is 29.1 Å². The Morgan fingerprint density at radius 1 is 1.50 bits per heavy atom. The SMILES string of the molecule is Brc1ccc2n[c]oc2c1. The Morgan fingerprint density at radius 2 is 2.40 bits per heavy atom. The third-order valence-corrected chi connectivity index (χ3v) is 1.74. The van der Waals surface area contributed by atoms with Crippen molar-refractivity contribution in [3.8, 4) is 0 Å². The summed E-state index contributed by atoms with van der Waals surface area (Å²) in [6.07, 6.45) is 2.42. The average molecular weight is 197 g/mol. The predicted molar refractivity (Wildman–Crippen MR) is 40.5 cm³/mol. The molecule has 49 valence electrons. The molecular weight excluding hydrogens is 194 g/mol. The monoisotopic (exact) mass is 196 g/mol. The van der Waals surface area contributed by atoms with Gasteiger partial charge in [0.25, 0.3) is 6.39 Å². The fraction of sp³-hybridized carbons (Fsp3) is 0. The highest BCUT2D eigenvalue weighted by atomic mass is 79.9. The Balaban J connectivity index is 2.86. The molecule has 0 aliphatic carbocycles. The van der Waals surface area contributed by atoms with Crippen LogP contribution in [0.4, 0.5) is 0 Å². The molecule has 1 radical (unpaired) electrons. The van der Waals surface area contributed by atoms with Crippen LogP contribution in [0.2, 0.25) is 0 Å². The molecule has 0 spiro atoms. The molecule has 3 heteroatoms. The summed E-state index contributed by atoms with van der Waals surface area (Å²) in [5, 5.41) is 0. The van der Waals surface area contributed by atoms with Crippen molar-refractivity contribution in [2.75, 3.05) is 0 Å². The summed E-state index contributed by atoms with van der Waals surface area (Å²) in [6, 6.07) is 5.65. The molecule has 0 amide bonds. The molecule has 0 saturated heterocycles. The lowest BCUT2D eigenvalue weighted by molar-refractivity contribution is 0.591. The lowest BCUT2D eigenvalue weighted by atomic mass is 10.3. The molecule has 10 heavy (non-hydrogen) atoms. The van der Waals surface area contributed by atoms with Crippen LogP contribution in [0.1, 0.15) is 0 Å². The second kappa shape index (κ2) is 2.09. The lowest BCUT2D eigenvalue weighted by Gasteiger charge is -1.85. The van der Waals surface area contributed by atoms with Gasteiger partial charge in [-0.15, -0.1) is 0 Å². The first kappa shape index (κ1) is 5.92. The maximum Gasteiger partial charge on any atom is 0.284 e. The van der Waals surface area contributed by atoms with Gasteiger partial charge in [0.15, 0.2) is 5.58 Å². The van der Waals surface area contributed by atoms with Crippen molar-refractivity contribution >= 4 is 27.0 Å². The van der Waals surface area contributed by atoms with Crippen LogP contribution >= 0.6 is 15.9 Å². The summed E-state index contributed by atoms with van der Waals surface area (Å²) in [5.74, 6) is 0. The number of rotatable bonds is 0. The normalized spacial score (nSPS) is 10.5. The molecule has 1 heterocycles. The first-order chi connectivity index (χ1) is 4.86. The zero-order valence-electron chi connectivity index (χ0n) is 4.97. The number of hydrogen-bond acceptors (Lipinski definition) is 2. The summed E-state index contributed by atoms with van der Waals surface area (Å²) >= 11 is 3.32. The van der Waals surface area contributed by atoms with E-state index in [-0.39, 0.29) is 0 Å². The molecular formula is C7H3BrNO. The molecule has 0 N–H and O–H groups in total. The van der Waals surface area contributed by atoms with Gasteiger partial charge >= 0.3 is 0 Å². The smallest absolute Gasteiger partial charge is 0.284 e. The fourth-order valence-electron chi connectivity index (χ4n) is 0.783. The number of fused-ring (bicyclic) bond motifs is 1. The van der Waals surface area contributed by atoms with Crippen LogP contribution in [0.5, 0.6) is 0 Å². The van der Waals surface area contributed by atoms with Gasteiger partial charge in [-0.2, -0.15) is 0 Å². The van der Waals surface area contributed by atoms with Crippen LogP contribution in [-0.4, -0.2) is 4.98 Å². The molecule has 1 aromatic carbocycles. The van der Waals surface area contributed by atoms with E-state index in [1.165, 1.54) is 0 Å². The van der Waals surface area contributed by atoms with Crippen LogP contribution in [-0.2, 0) is 0 Å². The number of nitrogens with zero attached hydrogens (tertiary/aromatic N) is 1. The largest absolute Gasteiger partial charge is 0.432 e. The average Bonchev–Trinajstić information content (AvgIpc) is 2.33. The van der Waals surface area contributed by atoms with Crippen molar-refractivity contribution in [3.63, 3.8) is 0 Å². The van der Waals surface area contributed by atoms with Crippen LogP contribution in [0.3, 0.4) is 0 Å². The van der Waals surface area contributed by atoms with E-state index in [4.69, 9.17) is 4.42 Å². The Morgan fingerprint density at radius 3 is 3.30 bits per heavy atom. The second-order valence-electron chi connectivity index (χ2n) is 1.92. The summed E-state index contributed by atoms with van der Waals surface area (Å²) in [7, 11) is 0. The van der Waals surface area contributed by atoms with Crippen LogP contribution in [0.25, 0.3) is 11.1 Å². The van der Waals surface area contributed by atoms with Gasteiger partial charge in [0.05, 0.1) is 0 Å². The third-order valence-electron chi connectivity index (χ3n) is 1.24. The Kier molecular flexibility index (Phi) is 1.24. The van der Waals surface area contributed by atoms with E-state index in [9.17, 15) is 0 Å². The van der Waals surface area contributed by atoms with Gasteiger partial charge in [0.1, 0.15) is 5.52 Å². The third kappa shape index (κ3) is 0.827. The van der Waals surface area contributed by atoms with E-state index in [2.05, 4.69) is 27.3 Å². The minimum absolute atomic E-state index is 0.759. The number of aromatic nitrogens is 1. The van der Waals surface area contributed by atoms with Gasteiger partial charge in [-0.1, -0.05) is 15.9 Å². The van der Waals surface area contributed by atoms with E-state index in [1.807, 2.05) is 18.2 Å². The fourth-order valence-corrected chi connectivity index (χ4v) is 1.12. The summed E-state index contributed by atoms with van der Waals surface area (Å²) in [5.41, 5.74) is 1.59. The van der Waals surface area contributed by atoms with Crippen molar-refractivity contribution < 1.29 is 4.42 Å². The van der Waals surface area contributed by atoms with Crippen molar-refractivity contribution in [1.29, 1.82) is 0 Å². The topological polar surface area (TPSA) is 26.0 Å². The highest BCUT2D eigenvalue weighted by Gasteiger charge is 1.96. The number of oxazole rings is 1. The Hall–Kier alpha value is -0.830. The first-order valence-corrected chi connectivity index (χ1v) is 3.58. The first-order valence-electron chi connectivity index (χ1n) is 2.78. The van der Waals surface area contributed by atoms with E-state index in [1.54, 1.807) is 0 Å². The van der Waals surface area contributed by atoms with Gasteiger partial charge in [0, 0.05) is 4.47 Å². The van der Waals surface area contributed by atoms with Gasteiger partial charge in [-0.3, -0.25) is 0 Å². The Bertz CT molecular complexity index is 355. The molecule has 0 fully saturated rings. The molecule has 0 aliphatic rings. The zero-order valence-corrected chi connectivity index (χ0v) is 6.55. The zero-order chi connectivity index (χ0) is 6.97. The van der Waals surface area contributed by atoms with Gasteiger partial charge in [-0.05, 0) is 18.2 Å². The summed E-state index contributed by atoms with van der Waals surface area (Å²) in [6.45, 7) is 0. The molecule has 2 aromatic rings. The van der Waals surface area contributed by atoms with E-state index in [0.717, 1.165) is 15.6 Å². The lowest BCUT2D eigenvalue weighted by Crippen LogP contribution is -1.65. The molecule has 0 atom stereocenters. The highest BCUT2D eigenvalue weighted by molar-refractivity contribution is 9.10. The van der Waals surface area contributed by atoms with Crippen molar-refractivity contribution in [2.45, 2.75) is 0 Å². The molecule has 2 rings (SSSR count). The van der Waals surface area contributed by atoms with E-state index < -0.39 is 0 Å². The second-order valence-corrected chi connectivity index (χ2v) is 2.83. The molecule has 2 nitrogen and oxygen atoms in total. The maximum absolute atomic E-state index is 4.93. The van der Waals surface area contributed by atoms with Crippen molar-refractivity contribution in [1.82, 2.24) is 4.98 Å². The van der Waals surface area contributed by atoms with Gasteiger partial charge in [0.2, 0.25) is 0 Å². The van der Waals surface area contributed by atoms with Crippen LogP contribution in [0, 0.1) is 6.39 Å². The minimum Gasteiger partial charge on any atom is -0.432 e. The van der Waals surface area contributed by atoms with Crippen LogP contribution in [0.15, 0.2) is 27.1 Å². The van der Waals surface area contributed by atoms with Gasteiger partial charge < -0.3 is 4.42 Å².